The molecular weight excluding hydrogens is 545 g/mol. The van der Waals surface area contributed by atoms with Gasteiger partial charge in [0.05, 0.1) is 17.7 Å². The number of nitrogens with zero attached hydrogens (tertiary/aromatic N) is 3. The molecule has 0 unspecified atom stereocenters. The third-order valence-electron chi connectivity index (χ3n) is 6.82. The number of aromatic nitrogens is 2. The first-order valence-corrected chi connectivity index (χ1v) is 14.8. The van der Waals surface area contributed by atoms with Gasteiger partial charge in [0.15, 0.2) is 5.65 Å². The van der Waals surface area contributed by atoms with E-state index in [0.717, 1.165) is 5.57 Å². The van der Waals surface area contributed by atoms with Gasteiger partial charge in [0.2, 0.25) is 0 Å². The molecule has 5 rings (SSSR count). The number of ether oxygens (including phenoxy) is 2. The van der Waals surface area contributed by atoms with Crippen LogP contribution in [0.15, 0.2) is 77.8 Å². The van der Waals surface area contributed by atoms with Crippen LogP contribution in [0.1, 0.15) is 39.3 Å². The van der Waals surface area contributed by atoms with Crippen LogP contribution in [-0.2, 0) is 14.8 Å². The van der Waals surface area contributed by atoms with Crippen LogP contribution in [0.3, 0.4) is 0 Å². The van der Waals surface area contributed by atoms with Crippen LogP contribution in [0, 0.1) is 5.82 Å². The Bertz CT molecular complexity index is 1740. The fourth-order valence-electron chi connectivity index (χ4n) is 4.97. The van der Waals surface area contributed by atoms with Gasteiger partial charge in [0.1, 0.15) is 17.2 Å². The Morgan fingerprint density at radius 2 is 1.76 bits per heavy atom. The molecule has 0 atom stereocenters. The van der Waals surface area contributed by atoms with Crippen molar-refractivity contribution in [3.05, 3.63) is 84.4 Å². The molecule has 0 saturated carbocycles. The van der Waals surface area contributed by atoms with Crippen molar-refractivity contribution in [3.63, 3.8) is 0 Å². The first-order chi connectivity index (χ1) is 19.5. The van der Waals surface area contributed by atoms with Gasteiger partial charge in [0.25, 0.3) is 10.0 Å². The second-order valence-corrected chi connectivity index (χ2v) is 12.6. The van der Waals surface area contributed by atoms with E-state index >= 15 is 0 Å². The largest absolute Gasteiger partial charge is 0.496 e. The number of fused-ring (bicyclic) bond motifs is 1. The standard InChI is InChI=1S/C31H32FN3O5S/c1-31(2,3)40-30(36)34-17-8-9-21(15-18-34)27-20-26-24(25-19-22(32)12-13-28(25)39-4)14-16-33-29(26)35(27)41(37,38)23-10-6-5-7-11-23/h5-7,9-14,16,19-20H,8,15,17-18H2,1-4H3. The van der Waals surface area contributed by atoms with E-state index in [1.54, 1.807) is 35.2 Å². The number of pyridine rings is 1. The maximum absolute atomic E-state index is 14.4. The van der Waals surface area contributed by atoms with Gasteiger partial charge in [-0.15, -0.1) is 0 Å². The lowest BCUT2D eigenvalue weighted by atomic mass is 10.0. The van der Waals surface area contributed by atoms with Crippen molar-refractivity contribution in [2.24, 2.45) is 0 Å². The number of carbonyl (C=O) groups is 1. The first kappa shape index (κ1) is 28.4. The lowest BCUT2D eigenvalue weighted by Crippen LogP contribution is -2.37. The van der Waals surface area contributed by atoms with E-state index < -0.39 is 27.5 Å². The highest BCUT2D eigenvalue weighted by Gasteiger charge is 2.29. The van der Waals surface area contributed by atoms with Gasteiger partial charge in [-0.3, -0.25) is 0 Å². The van der Waals surface area contributed by atoms with Gasteiger partial charge in [-0.2, -0.15) is 0 Å². The Kier molecular flexibility index (Phi) is 7.61. The molecule has 41 heavy (non-hydrogen) atoms. The topological polar surface area (TPSA) is 90.7 Å². The van der Waals surface area contributed by atoms with Crippen molar-refractivity contribution in [2.75, 3.05) is 20.2 Å². The Morgan fingerprint density at radius 3 is 2.46 bits per heavy atom. The summed E-state index contributed by atoms with van der Waals surface area (Å²) in [4.78, 5) is 19.0. The maximum Gasteiger partial charge on any atom is 0.410 e. The number of methoxy groups -OCH3 is 1. The minimum Gasteiger partial charge on any atom is -0.496 e. The molecule has 1 amide bonds. The van der Waals surface area contributed by atoms with Crippen LogP contribution in [0.5, 0.6) is 5.75 Å². The lowest BCUT2D eigenvalue weighted by molar-refractivity contribution is 0.0260. The van der Waals surface area contributed by atoms with E-state index in [9.17, 15) is 17.6 Å². The highest BCUT2D eigenvalue weighted by Crippen LogP contribution is 2.39. The fraction of sp³-hybridized carbons (Fsp3) is 0.290. The van der Waals surface area contributed by atoms with E-state index in [2.05, 4.69) is 4.98 Å². The van der Waals surface area contributed by atoms with Crippen molar-refractivity contribution in [1.29, 1.82) is 0 Å². The molecule has 0 saturated heterocycles. The molecule has 8 nitrogen and oxygen atoms in total. The number of carbonyl (C=O) groups excluding carboxylic acids is 1. The molecule has 0 spiro atoms. The summed E-state index contributed by atoms with van der Waals surface area (Å²) in [6.45, 7) is 6.24. The van der Waals surface area contributed by atoms with Crippen molar-refractivity contribution in [2.45, 2.75) is 44.1 Å². The van der Waals surface area contributed by atoms with Gasteiger partial charge >= 0.3 is 6.09 Å². The predicted molar refractivity (Wildman–Crippen MR) is 156 cm³/mol. The quantitative estimate of drug-likeness (QED) is 0.269. The molecule has 0 bridgehead atoms. The summed E-state index contributed by atoms with van der Waals surface area (Å²) in [5, 5.41) is 0.528. The summed E-state index contributed by atoms with van der Waals surface area (Å²) < 4.78 is 55.0. The fourth-order valence-corrected chi connectivity index (χ4v) is 6.49. The molecular formula is C31H32FN3O5S. The van der Waals surface area contributed by atoms with Crippen LogP contribution in [0.4, 0.5) is 9.18 Å². The van der Waals surface area contributed by atoms with Gasteiger partial charge in [-0.25, -0.2) is 26.6 Å². The predicted octanol–water partition coefficient (Wildman–Crippen LogP) is 6.50. The molecule has 0 fully saturated rings. The molecule has 2 aromatic carbocycles. The van der Waals surface area contributed by atoms with Crippen molar-refractivity contribution in [1.82, 2.24) is 13.9 Å². The van der Waals surface area contributed by atoms with Crippen LogP contribution in [-0.4, -0.2) is 54.2 Å². The number of halogens is 1. The van der Waals surface area contributed by atoms with Crippen LogP contribution in [0.25, 0.3) is 27.7 Å². The summed E-state index contributed by atoms with van der Waals surface area (Å²) in [5.74, 6) is -0.00293. The molecule has 0 N–H and O–H groups in total. The molecule has 1 aliphatic heterocycles. The monoisotopic (exact) mass is 577 g/mol. The molecule has 0 radical (unpaired) electrons. The second kappa shape index (κ2) is 11.0. The normalized spacial score (nSPS) is 14.5. The van der Waals surface area contributed by atoms with E-state index in [4.69, 9.17) is 9.47 Å². The van der Waals surface area contributed by atoms with Crippen molar-refractivity contribution < 1.29 is 27.1 Å². The van der Waals surface area contributed by atoms with Crippen LogP contribution >= 0.6 is 0 Å². The molecule has 1 aliphatic rings. The minimum atomic E-state index is -4.09. The Labute approximate surface area is 239 Å². The third-order valence-corrected chi connectivity index (χ3v) is 8.53. The number of hydrogen-bond donors (Lipinski definition) is 0. The molecule has 3 heterocycles. The highest BCUT2D eigenvalue weighted by molar-refractivity contribution is 7.90. The SMILES string of the molecule is COc1ccc(F)cc1-c1ccnc2c1cc(C1=CCCN(C(=O)OC(C)(C)C)CC1)n2S(=O)(=O)c1ccccc1. The minimum absolute atomic E-state index is 0.110. The molecule has 214 valence electrons. The number of hydrogen-bond acceptors (Lipinski definition) is 6. The van der Waals surface area contributed by atoms with Gasteiger partial charge in [-0.1, -0.05) is 24.3 Å². The maximum atomic E-state index is 14.4. The van der Waals surface area contributed by atoms with Gasteiger partial charge < -0.3 is 14.4 Å². The van der Waals surface area contributed by atoms with E-state index in [1.165, 1.54) is 47.6 Å². The summed E-state index contributed by atoms with van der Waals surface area (Å²) in [5.41, 5.74) is 1.83. The Balaban J connectivity index is 1.67. The summed E-state index contributed by atoms with van der Waals surface area (Å²) >= 11 is 0. The third kappa shape index (κ3) is 5.69. The van der Waals surface area contributed by atoms with E-state index in [0.29, 0.717) is 53.9 Å². The zero-order chi connectivity index (χ0) is 29.4. The van der Waals surface area contributed by atoms with Crippen molar-refractivity contribution >= 4 is 32.7 Å². The Hall–Kier alpha value is -4.18. The lowest BCUT2D eigenvalue weighted by Gasteiger charge is -2.26. The average molecular weight is 578 g/mol. The average Bonchev–Trinajstić information content (AvgIpc) is 3.16. The smallest absolute Gasteiger partial charge is 0.410 e. The number of rotatable bonds is 5. The first-order valence-electron chi connectivity index (χ1n) is 13.3. The van der Waals surface area contributed by atoms with E-state index in [1.807, 2.05) is 26.8 Å². The molecule has 0 aliphatic carbocycles. The van der Waals surface area contributed by atoms with E-state index in [-0.39, 0.29) is 10.5 Å². The Morgan fingerprint density at radius 1 is 1.00 bits per heavy atom. The summed E-state index contributed by atoms with van der Waals surface area (Å²) in [7, 11) is -2.59. The van der Waals surface area contributed by atoms with Gasteiger partial charge in [0, 0.05) is 30.2 Å². The van der Waals surface area contributed by atoms with Crippen molar-refractivity contribution in [3.8, 4) is 16.9 Å². The molecule has 10 heteroatoms. The summed E-state index contributed by atoms with van der Waals surface area (Å²) in [6.07, 6.45) is 3.97. The zero-order valence-electron chi connectivity index (χ0n) is 23.4. The second-order valence-electron chi connectivity index (χ2n) is 10.8. The zero-order valence-corrected chi connectivity index (χ0v) is 24.2. The number of amides is 1. The summed E-state index contributed by atoms with van der Waals surface area (Å²) in [6, 6.07) is 15.9. The van der Waals surface area contributed by atoms with Crippen LogP contribution in [0.2, 0.25) is 0 Å². The van der Waals surface area contributed by atoms with Crippen LogP contribution < -0.4 is 4.74 Å². The highest BCUT2D eigenvalue weighted by atomic mass is 32.2. The molecule has 2 aromatic heterocycles. The van der Waals surface area contributed by atoms with Gasteiger partial charge in [-0.05, 0) is 87.2 Å². The number of benzene rings is 2. The molecule has 4 aromatic rings.